The maximum Gasteiger partial charge on any atom is 0.522 e. The van der Waals surface area contributed by atoms with Crippen LogP contribution in [0.15, 0.2) is 0 Å². The topological polar surface area (TPSA) is 55.8 Å². The van der Waals surface area contributed by atoms with Gasteiger partial charge in [-0.3, -0.25) is 0 Å². The number of unbranched alkanes of at least 4 members (excludes halogenated alkanes) is 2. The third-order valence-corrected chi connectivity index (χ3v) is 1.37. The van der Waals surface area contributed by atoms with Crippen molar-refractivity contribution in [1.29, 1.82) is 0 Å². The smallest absolute Gasteiger partial charge is 0.433 e. The minimum Gasteiger partial charge on any atom is -0.433 e. The average molecular weight is 210 g/mol. The van der Waals surface area contributed by atoms with E-state index in [9.17, 15) is 4.79 Å². The molecule has 4 nitrogen and oxygen atoms in total. The molecule has 0 bridgehead atoms. The number of rotatable bonds is 5. The molecular formula is C11H14O4. The molecular weight excluding hydrogens is 196 g/mol. The van der Waals surface area contributed by atoms with Gasteiger partial charge in [0.1, 0.15) is 6.11 Å². The van der Waals surface area contributed by atoms with Crippen molar-refractivity contribution in [3.05, 3.63) is 0 Å². The van der Waals surface area contributed by atoms with Gasteiger partial charge in [-0.25, -0.2) is 4.79 Å². The Morgan fingerprint density at radius 3 is 2.80 bits per heavy atom. The van der Waals surface area contributed by atoms with Crippen LogP contribution in [0, 0.1) is 24.4 Å². The van der Waals surface area contributed by atoms with Gasteiger partial charge in [-0.15, -0.1) is 12.3 Å². The summed E-state index contributed by atoms with van der Waals surface area (Å²) in [5.41, 5.74) is 0. The second-order valence-electron chi connectivity index (χ2n) is 2.61. The highest BCUT2D eigenvalue weighted by atomic mass is 16.7. The number of hydrogen-bond donors (Lipinski definition) is 1. The van der Waals surface area contributed by atoms with Crippen molar-refractivity contribution in [2.24, 2.45) is 0 Å². The van der Waals surface area contributed by atoms with Gasteiger partial charge < -0.3 is 14.6 Å². The average Bonchev–Trinajstić information content (AvgIpc) is 2.24. The van der Waals surface area contributed by atoms with Gasteiger partial charge in [-0.2, -0.15) is 0 Å². The van der Waals surface area contributed by atoms with Gasteiger partial charge in [-0.1, -0.05) is 5.92 Å². The van der Waals surface area contributed by atoms with Crippen molar-refractivity contribution in [1.82, 2.24) is 0 Å². The van der Waals surface area contributed by atoms with E-state index in [2.05, 4.69) is 27.4 Å². The fourth-order valence-corrected chi connectivity index (χ4v) is 0.662. The summed E-state index contributed by atoms with van der Waals surface area (Å²) in [7, 11) is 0. The summed E-state index contributed by atoms with van der Waals surface area (Å²) in [6.07, 6.45) is 8.60. The number of aliphatic hydroxyl groups is 1. The third-order valence-electron chi connectivity index (χ3n) is 1.37. The summed E-state index contributed by atoms with van der Waals surface area (Å²) in [6.45, 7) is 0.315. The maximum absolute atomic E-state index is 10.8. The molecule has 0 unspecified atom stereocenters. The molecule has 0 aromatic heterocycles. The molecule has 0 aliphatic carbocycles. The highest BCUT2D eigenvalue weighted by Gasteiger charge is 2.00. The Bertz CT molecular complexity index is 267. The zero-order valence-electron chi connectivity index (χ0n) is 8.49. The van der Waals surface area contributed by atoms with Crippen molar-refractivity contribution >= 4 is 6.16 Å². The zero-order valence-corrected chi connectivity index (χ0v) is 8.49. The Morgan fingerprint density at radius 2 is 2.13 bits per heavy atom. The molecule has 1 N–H and O–H groups in total. The minimum absolute atomic E-state index is 0.0876. The van der Waals surface area contributed by atoms with Crippen LogP contribution in [0.1, 0.15) is 25.7 Å². The Labute approximate surface area is 89.6 Å². The molecule has 0 atom stereocenters. The molecule has 0 aliphatic heterocycles. The van der Waals surface area contributed by atoms with Crippen molar-refractivity contribution < 1.29 is 19.4 Å². The number of hydrogen-bond acceptors (Lipinski definition) is 4. The van der Waals surface area contributed by atoms with Crippen LogP contribution in [-0.4, -0.2) is 24.5 Å². The van der Waals surface area contributed by atoms with Gasteiger partial charge in [0, 0.05) is 19.4 Å². The number of aliphatic hydroxyl groups excluding tert-OH is 1. The van der Waals surface area contributed by atoms with Gasteiger partial charge in [0.25, 0.3) is 0 Å². The summed E-state index contributed by atoms with van der Waals surface area (Å²) < 4.78 is 9.05. The molecule has 0 amide bonds. The molecule has 0 rings (SSSR count). The molecule has 0 saturated heterocycles. The molecule has 0 aromatic rings. The van der Waals surface area contributed by atoms with Crippen LogP contribution in [0.3, 0.4) is 0 Å². The first-order valence-electron chi connectivity index (χ1n) is 4.67. The predicted octanol–water partition coefficient (Wildman–Crippen LogP) is 1.29. The number of terminal acetylenes is 1. The molecule has 4 heteroatoms. The zero-order chi connectivity index (χ0) is 11.4. The van der Waals surface area contributed by atoms with Crippen LogP contribution < -0.4 is 0 Å². The molecule has 0 saturated carbocycles. The van der Waals surface area contributed by atoms with E-state index in [1.807, 2.05) is 0 Å². The molecule has 0 aliphatic rings. The van der Waals surface area contributed by atoms with Gasteiger partial charge >= 0.3 is 6.16 Å². The van der Waals surface area contributed by atoms with E-state index in [0.29, 0.717) is 25.7 Å². The van der Waals surface area contributed by atoms with E-state index < -0.39 is 6.16 Å². The molecule has 0 aromatic carbocycles. The predicted molar refractivity (Wildman–Crippen MR) is 54.6 cm³/mol. The SMILES string of the molecule is C#CCCC#COC(=O)OCCCCO. The van der Waals surface area contributed by atoms with Gasteiger partial charge in [0.05, 0.1) is 6.61 Å². The standard InChI is InChI=1S/C11H14O4/c1-2-3-4-6-9-14-11(13)15-10-7-5-8-12/h1,12H,3-5,7-8,10H2. The van der Waals surface area contributed by atoms with E-state index in [1.165, 1.54) is 0 Å². The van der Waals surface area contributed by atoms with E-state index in [-0.39, 0.29) is 13.2 Å². The fourth-order valence-electron chi connectivity index (χ4n) is 0.662. The van der Waals surface area contributed by atoms with Crippen LogP contribution in [0.4, 0.5) is 4.79 Å². The van der Waals surface area contributed by atoms with Crippen molar-refractivity contribution in [2.45, 2.75) is 25.7 Å². The molecule has 82 valence electrons. The first kappa shape index (κ1) is 13.4. The molecule has 0 spiro atoms. The van der Waals surface area contributed by atoms with Crippen molar-refractivity contribution in [2.75, 3.05) is 13.2 Å². The monoisotopic (exact) mass is 210 g/mol. The van der Waals surface area contributed by atoms with E-state index >= 15 is 0 Å². The number of ether oxygens (including phenoxy) is 2. The number of carbonyl (C=O) groups is 1. The van der Waals surface area contributed by atoms with Crippen molar-refractivity contribution in [3.63, 3.8) is 0 Å². The number of carbonyl (C=O) groups excluding carboxylic acids is 1. The Balaban J connectivity index is 3.39. The summed E-state index contributed by atoms with van der Waals surface area (Å²) >= 11 is 0. The first-order chi connectivity index (χ1) is 7.31. The van der Waals surface area contributed by atoms with Crippen LogP contribution in [0.5, 0.6) is 0 Å². The highest BCUT2D eigenvalue weighted by molar-refractivity contribution is 5.61. The van der Waals surface area contributed by atoms with Crippen molar-refractivity contribution in [3.8, 4) is 24.4 Å². The normalized spacial score (nSPS) is 8.27. The van der Waals surface area contributed by atoms with Crippen LogP contribution in [-0.2, 0) is 9.47 Å². The molecule has 0 fully saturated rings. The lowest BCUT2D eigenvalue weighted by molar-refractivity contribution is 0.0871. The lowest BCUT2D eigenvalue weighted by Crippen LogP contribution is -2.05. The first-order valence-corrected chi connectivity index (χ1v) is 4.67. The van der Waals surface area contributed by atoms with E-state index in [0.717, 1.165) is 0 Å². The van der Waals surface area contributed by atoms with E-state index in [4.69, 9.17) is 11.5 Å². The van der Waals surface area contributed by atoms with Crippen LogP contribution in [0.2, 0.25) is 0 Å². The molecule has 0 radical (unpaired) electrons. The Hall–Kier alpha value is -1.65. The lowest BCUT2D eigenvalue weighted by Gasteiger charge is -1.99. The second-order valence-corrected chi connectivity index (χ2v) is 2.61. The molecule has 15 heavy (non-hydrogen) atoms. The largest absolute Gasteiger partial charge is 0.522 e. The van der Waals surface area contributed by atoms with Crippen LogP contribution in [0.25, 0.3) is 0 Å². The molecule has 0 heterocycles. The van der Waals surface area contributed by atoms with Crippen LogP contribution >= 0.6 is 0 Å². The van der Waals surface area contributed by atoms with Gasteiger partial charge in [0.2, 0.25) is 0 Å². The third kappa shape index (κ3) is 10.3. The Kier molecular flexibility index (Phi) is 9.28. The Morgan fingerprint density at radius 1 is 1.33 bits per heavy atom. The quantitative estimate of drug-likeness (QED) is 0.422. The highest BCUT2D eigenvalue weighted by Crippen LogP contribution is 1.91. The maximum atomic E-state index is 10.8. The summed E-state index contributed by atoms with van der Waals surface area (Å²) in [6, 6.07) is 0. The second kappa shape index (κ2) is 10.4. The summed E-state index contributed by atoms with van der Waals surface area (Å²) in [5.74, 6) is 4.97. The summed E-state index contributed by atoms with van der Waals surface area (Å²) in [5, 5.41) is 8.45. The summed E-state index contributed by atoms with van der Waals surface area (Å²) in [4.78, 5) is 10.8. The van der Waals surface area contributed by atoms with Gasteiger partial charge in [-0.05, 0) is 12.8 Å². The van der Waals surface area contributed by atoms with Gasteiger partial charge in [0.15, 0.2) is 0 Å². The minimum atomic E-state index is -0.818. The fraction of sp³-hybridized carbons (Fsp3) is 0.545. The van der Waals surface area contributed by atoms with E-state index in [1.54, 1.807) is 0 Å². The lowest BCUT2D eigenvalue weighted by atomic mass is 10.3.